The molecule has 6 nitrogen and oxygen atoms in total. The molecule has 0 spiro atoms. The van der Waals surface area contributed by atoms with Crippen molar-refractivity contribution in [2.75, 3.05) is 19.8 Å². The van der Waals surface area contributed by atoms with Gasteiger partial charge in [-0.15, -0.1) is 0 Å². The lowest BCUT2D eigenvalue weighted by molar-refractivity contribution is -0.146. The summed E-state index contributed by atoms with van der Waals surface area (Å²) in [5, 5.41) is 0. The first-order chi connectivity index (χ1) is 9.26. The summed E-state index contributed by atoms with van der Waals surface area (Å²) >= 11 is 0. The van der Waals surface area contributed by atoms with Crippen LogP contribution >= 0.6 is 7.60 Å². The van der Waals surface area contributed by atoms with E-state index in [9.17, 15) is 14.2 Å². The van der Waals surface area contributed by atoms with E-state index in [4.69, 9.17) is 13.8 Å². The molecule has 1 fully saturated rings. The normalized spacial score (nSPS) is 24.2. The fourth-order valence-electron chi connectivity index (χ4n) is 2.45. The van der Waals surface area contributed by atoms with E-state index in [1.807, 2.05) is 0 Å². The Balaban J connectivity index is 2.91. The molecule has 1 aliphatic carbocycles. The van der Waals surface area contributed by atoms with Gasteiger partial charge in [0.1, 0.15) is 0 Å². The topological polar surface area (TPSA) is 78.9 Å². The number of esters is 1. The molecule has 0 aromatic rings. The van der Waals surface area contributed by atoms with Gasteiger partial charge in [-0.05, 0) is 26.2 Å². The highest BCUT2D eigenvalue weighted by Gasteiger charge is 2.69. The van der Waals surface area contributed by atoms with Gasteiger partial charge in [0.15, 0.2) is 0 Å². The second-order valence-electron chi connectivity index (χ2n) is 5.20. The summed E-state index contributed by atoms with van der Waals surface area (Å²) in [7, 11) is -3.83. The van der Waals surface area contributed by atoms with Crippen LogP contribution in [0.3, 0.4) is 0 Å². The predicted molar refractivity (Wildman–Crippen MR) is 73.3 cm³/mol. The SMILES string of the molecule is CCOC(=O)C1C(C(=O)P(=O)(OCC)OCC)C1(C)C. The maximum absolute atomic E-state index is 12.5. The molecule has 0 amide bonds. The first-order valence-electron chi connectivity index (χ1n) is 6.86. The van der Waals surface area contributed by atoms with Crippen LogP contribution in [0.25, 0.3) is 0 Å². The second kappa shape index (κ2) is 6.37. The van der Waals surface area contributed by atoms with Crippen LogP contribution in [0.15, 0.2) is 0 Å². The average Bonchev–Trinajstić information content (AvgIpc) is 2.92. The number of carbonyl (C=O) groups is 2. The maximum Gasteiger partial charge on any atom is 0.397 e. The molecule has 0 N–H and O–H groups in total. The molecular weight excluding hydrogens is 283 g/mol. The molecule has 7 heteroatoms. The summed E-state index contributed by atoms with van der Waals surface area (Å²) in [5.74, 6) is -1.69. The van der Waals surface area contributed by atoms with Crippen molar-refractivity contribution in [3.8, 4) is 0 Å². The first-order valence-corrected chi connectivity index (χ1v) is 8.40. The van der Waals surface area contributed by atoms with Crippen LogP contribution in [-0.4, -0.2) is 31.3 Å². The Morgan fingerprint density at radius 3 is 1.90 bits per heavy atom. The van der Waals surface area contributed by atoms with Gasteiger partial charge in [-0.1, -0.05) is 13.8 Å². The van der Waals surface area contributed by atoms with E-state index in [2.05, 4.69) is 0 Å². The number of hydrogen-bond acceptors (Lipinski definition) is 6. The minimum Gasteiger partial charge on any atom is -0.466 e. The van der Waals surface area contributed by atoms with Gasteiger partial charge in [0.05, 0.1) is 31.7 Å². The van der Waals surface area contributed by atoms with E-state index >= 15 is 0 Å². The quantitative estimate of drug-likeness (QED) is 0.506. The van der Waals surface area contributed by atoms with E-state index in [0.717, 1.165) is 0 Å². The fourth-order valence-corrected chi connectivity index (χ4v) is 4.28. The lowest BCUT2D eigenvalue weighted by Crippen LogP contribution is -2.14. The molecule has 0 bridgehead atoms. The van der Waals surface area contributed by atoms with Gasteiger partial charge in [0.25, 0.3) is 0 Å². The largest absolute Gasteiger partial charge is 0.466 e. The molecule has 0 radical (unpaired) electrons. The standard InChI is InChI=1S/C13H23O6P/c1-6-17-11(14)9-10(13(9,4)5)12(15)20(16,18-7-2)19-8-3/h9-10H,6-8H2,1-5H3. The predicted octanol–water partition coefficient (Wildman–Crippen LogP) is 2.61. The first kappa shape index (κ1) is 17.3. The zero-order valence-electron chi connectivity index (χ0n) is 12.7. The highest BCUT2D eigenvalue weighted by molar-refractivity contribution is 7.71. The smallest absolute Gasteiger partial charge is 0.397 e. The molecule has 1 rings (SSSR count). The molecule has 0 aromatic carbocycles. The van der Waals surface area contributed by atoms with Crippen LogP contribution in [0.1, 0.15) is 34.6 Å². The van der Waals surface area contributed by atoms with Crippen molar-refractivity contribution in [1.82, 2.24) is 0 Å². The van der Waals surface area contributed by atoms with Gasteiger partial charge >= 0.3 is 13.6 Å². The van der Waals surface area contributed by atoms with Crippen molar-refractivity contribution >= 4 is 19.1 Å². The Bertz CT molecular complexity index is 421. The summed E-state index contributed by atoms with van der Waals surface area (Å²) in [6.07, 6.45) is 0. The van der Waals surface area contributed by atoms with Crippen molar-refractivity contribution in [3.63, 3.8) is 0 Å². The van der Waals surface area contributed by atoms with Gasteiger partial charge in [-0.2, -0.15) is 0 Å². The zero-order chi connectivity index (χ0) is 15.6. The van der Waals surface area contributed by atoms with Crippen LogP contribution < -0.4 is 0 Å². The van der Waals surface area contributed by atoms with Crippen molar-refractivity contribution in [3.05, 3.63) is 0 Å². The van der Waals surface area contributed by atoms with Crippen molar-refractivity contribution in [2.45, 2.75) is 34.6 Å². The number of hydrogen-bond donors (Lipinski definition) is 0. The van der Waals surface area contributed by atoms with Gasteiger partial charge < -0.3 is 13.8 Å². The Morgan fingerprint density at radius 1 is 1.00 bits per heavy atom. The van der Waals surface area contributed by atoms with E-state index in [-0.39, 0.29) is 19.8 Å². The van der Waals surface area contributed by atoms with Crippen molar-refractivity contribution < 1.29 is 27.9 Å². The Morgan fingerprint density at radius 2 is 1.50 bits per heavy atom. The zero-order valence-corrected chi connectivity index (χ0v) is 13.6. The summed E-state index contributed by atoms with van der Waals surface area (Å²) in [6.45, 7) is 9.01. The molecule has 0 aromatic heterocycles. The van der Waals surface area contributed by atoms with E-state index < -0.39 is 36.3 Å². The summed E-state index contributed by atoms with van der Waals surface area (Å²) < 4.78 is 27.5. The van der Waals surface area contributed by atoms with Crippen molar-refractivity contribution in [1.29, 1.82) is 0 Å². The Kier molecular flexibility index (Phi) is 5.53. The highest BCUT2D eigenvalue weighted by atomic mass is 31.2. The van der Waals surface area contributed by atoms with E-state index in [0.29, 0.717) is 0 Å². The van der Waals surface area contributed by atoms with Crippen LogP contribution in [0, 0.1) is 17.3 Å². The molecule has 0 saturated heterocycles. The molecule has 1 aliphatic rings. The van der Waals surface area contributed by atoms with Crippen LogP contribution in [0.2, 0.25) is 0 Å². The molecule has 1 saturated carbocycles. The molecule has 2 unspecified atom stereocenters. The summed E-state index contributed by atoms with van der Waals surface area (Å²) in [4.78, 5) is 24.3. The Labute approximate surface area is 119 Å². The fraction of sp³-hybridized carbons (Fsp3) is 0.846. The lowest BCUT2D eigenvalue weighted by atomic mass is 10.1. The average molecular weight is 306 g/mol. The third-order valence-corrected chi connectivity index (χ3v) is 5.52. The lowest BCUT2D eigenvalue weighted by Gasteiger charge is -2.15. The molecule has 20 heavy (non-hydrogen) atoms. The Hall–Kier alpha value is -0.710. The molecule has 0 aliphatic heterocycles. The van der Waals surface area contributed by atoms with E-state index in [1.165, 1.54) is 0 Å². The third kappa shape index (κ3) is 3.13. The van der Waals surface area contributed by atoms with Crippen molar-refractivity contribution in [2.24, 2.45) is 17.3 Å². The number of rotatable bonds is 8. The van der Waals surface area contributed by atoms with Crippen LogP contribution in [-0.2, 0) is 27.9 Å². The number of carbonyl (C=O) groups excluding carboxylic acids is 2. The van der Waals surface area contributed by atoms with Crippen LogP contribution in [0.4, 0.5) is 0 Å². The molecule has 116 valence electrons. The minimum absolute atomic E-state index is 0.111. The maximum atomic E-state index is 12.5. The van der Waals surface area contributed by atoms with Gasteiger partial charge in [0, 0.05) is 0 Å². The monoisotopic (exact) mass is 306 g/mol. The minimum atomic E-state index is -3.83. The third-order valence-electron chi connectivity index (χ3n) is 3.50. The number of ether oxygens (including phenoxy) is 1. The molecule has 0 heterocycles. The van der Waals surface area contributed by atoms with E-state index in [1.54, 1.807) is 34.6 Å². The van der Waals surface area contributed by atoms with Gasteiger partial charge in [0.2, 0.25) is 5.52 Å². The van der Waals surface area contributed by atoms with Gasteiger partial charge in [-0.3, -0.25) is 14.2 Å². The van der Waals surface area contributed by atoms with Crippen LogP contribution in [0.5, 0.6) is 0 Å². The molecule has 2 atom stereocenters. The summed E-state index contributed by atoms with van der Waals surface area (Å²) in [5.41, 5.74) is -1.20. The molecular formula is C13H23O6P. The highest BCUT2D eigenvalue weighted by Crippen LogP contribution is 2.66. The van der Waals surface area contributed by atoms with Gasteiger partial charge in [-0.25, -0.2) is 0 Å². The summed E-state index contributed by atoms with van der Waals surface area (Å²) in [6, 6.07) is 0. The second-order valence-corrected chi connectivity index (χ2v) is 7.15.